The van der Waals surface area contributed by atoms with Crippen LogP contribution in [-0.2, 0) is 11.3 Å². The van der Waals surface area contributed by atoms with E-state index < -0.39 is 0 Å². The number of nitrogens with one attached hydrogen (secondary N) is 1. The lowest BCUT2D eigenvalue weighted by Crippen LogP contribution is -2.29. The third-order valence-electron chi connectivity index (χ3n) is 2.71. The van der Waals surface area contributed by atoms with Gasteiger partial charge in [0, 0.05) is 4.88 Å². The number of carbonyl (C=O) groups is 1. The Kier molecular flexibility index (Phi) is 4.14. The summed E-state index contributed by atoms with van der Waals surface area (Å²) in [7, 11) is 0. The minimum Gasteiger partial charge on any atom is -0.347 e. The normalized spacial score (nSPS) is 11.3. The number of amides is 1. The second-order valence-corrected chi connectivity index (χ2v) is 5.08. The summed E-state index contributed by atoms with van der Waals surface area (Å²) in [4.78, 5) is 16.8. The third-order valence-corrected chi connectivity index (χ3v) is 3.77. The van der Waals surface area contributed by atoms with Gasteiger partial charge in [-0.1, -0.05) is 6.07 Å². The van der Waals surface area contributed by atoms with Crippen molar-refractivity contribution >= 4 is 17.2 Å². The maximum absolute atomic E-state index is 11.9. The monoisotopic (exact) mass is 285 g/mol. The number of imidazole rings is 1. The molecule has 7 heteroatoms. The molecule has 2 aromatic rings. The van der Waals surface area contributed by atoms with E-state index in [-0.39, 0.29) is 29.9 Å². The number of nitrogens with zero attached hydrogens (tertiary/aromatic N) is 4. The van der Waals surface area contributed by atoms with Crippen LogP contribution >= 0.6 is 11.3 Å². The molecule has 2 heterocycles. The average molecular weight is 285 g/mol. The first kappa shape index (κ1) is 13.8. The second kappa shape index (κ2) is 6.00. The lowest BCUT2D eigenvalue weighted by Gasteiger charge is -2.12. The van der Waals surface area contributed by atoms with Crippen LogP contribution in [0.3, 0.4) is 0 Å². The number of aromatic nitrogens is 2. The summed E-state index contributed by atoms with van der Waals surface area (Å²) in [6.45, 7) is 1.86. The van der Waals surface area contributed by atoms with Crippen molar-refractivity contribution in [2.45, 2.75) is 19.5 Å². The first-order valence-corrected chi connectivity index (χ1v) is 6.71. The van der Waals surface area contributed by atoms with Crippen molar-refractivity contribution in [3.8, 4) is 12.1 Å². The topological polar surface area (TPSA) is 94.5 Å². The van der Waals surface area contributed by atoms with Gasteiger partial charge in [-0.3, -0.25) is 4.79 Å². The molecular formula is C13H11N5OS. The zero-order valence-electron chi connectivity index (χ0n) is 10.7. The molecule has 0 aliphatic rings. The SMILES string of the molecule is C[C@@H](NC(=O)Cn1cnc(C#N)c1C#N)c1cccs1. The lowest BCUT2D eigenvalue weighted by atomic mass is 10.2. The van der Waals surface area contributed by atoms with Gasteiger partial charge in [0.15, 0.2) is 11.4 Å². The first-order chi connectivity index (χ1) is 9.65. The molecule has 0 saturated heterocycles. The Balaban J connectivity index is 2.04. The number of hydrogen-bond donors (Lipinski definition) is 1. The Labute approximate surface area is 119 Å². The second-order valence-electron chi connectivity index (χ2n) is 4.10. The third kappa shape index (κ3) is 2.85. The van der Waals surface area contributed by atoms with Gasteiger partial charge in [0.2, 0.25) is 5.91 Å². The molecule has 100 valence electrons. The Morgan fingerprint density at radius 3 is 2.95 bits per heavy atom. The van der Waals surface area contributed by atoms with Gasteiger partial charge in [-0.2, -0.15) is 10.5 Å². The van der Waals surface area contributed by atoms with Crippen LogP contribution < -0.4 is 5.32 Å². The number of hydrogen-bond acceptors (Lipinski definition) is 5. The molecule has 20 heavy (non-hydrogen) atoms. The van der Waals surface area contributed by atoms with E-state index in [0.717, 1.165) is 4.88 Å². The summed E-state index contributed by atoms with van der Waals surface area (Å²) in [5, 5.41) is 22.5. The van der Waals surface area contributed by atoms with Crippen LogP contribution in [0.5, 0.6) is 0 Å². The Hall–Kier alpha value is -2.64. The van der Waals surface area contributed by atoms with Gasteiger partial charge < -0.3 is 9.88 Å². The zero-order chi connectivity index (χ0) is 14.5. The highest BCUT2D eigenvalue weighted by Crippen LogP contribution is 2.18. The molecule has 1 amide bonds. The molecule has 0 spiro atoms. The van der Waals surface area contributed by atoms with Gasteiger partial charge in [-0.25, -0.2) is 4.98 Å². The summed E-state index contributed by atoms with van der Waals surface area (Å²) in [6, 6.07) is 7.48. The highest BCUT2D eigenvalue weighted by atomic mass is 32.1. The highest BCUT2D eigenvalue weighted by molar-refractivity contribution is 7.10. The van der Waals surface area contributed by atoms with Crippen LogP contribution in [0.4, 0.5) is 0 Å². The summed E-state index contributed by atoms with van der Waals surface area (Å²) in [5.74, 6) is -0.232. The van der Waals surface area contributed by atoms with E-state index in [1.165, 1.54) is 10.9 Å². The van der Waals surface area contributed by atoms with Crippen LogP contribution in [0, 0.1) is 22.7 Å². The fourth-order valence-electron chi connectivity index (χ4n) is 1.75. The zero-order valence-corrected chi connectivity index (χ0v) is 11.5. The van der Waals surface area contributed by atoms with Crippen molar-refractivity contribution in [1.29, 1.82) is 10.5 Å². The number of thiophene rings is 1. The van der Waals surface area contributed by atoms with Crippen LogP contribution in [-0.4, -0.2) is 15.5 Å². The lowest BCUT2D eigenvalue weighted by molar-refractivity contribution is -0.122. The number of nitriles is 2. The molecule has 0 aliphatic heterocycles. The molecule has 0 aromatic carbocycles. The maximum Gasteiger partial charge on any atom is 0.240 e. The molecular weight excluding hydrogens is 274 g/mol. The van der Waals surface area contributed by atoms with E-state index in [2.05, 4.69) is 10.3 Å². The fraction of sp³-hybridized carbons (Fsp3) is 0.231. The summed E-state index contributed by atoms with van der Waals surface area (Å²) < 4.78 is 1.37. The molecule has 0 fully saturated rings. The van der Waals surface area contributed by atoms with Gasteiger partial charge in [0.05, 0.1) is 12.4 Å². The van der Waals surface area contributed by atoms with Crippen molar-refractivity contribution in [2.24, 2.45) is 0 Å². The van der Waals surface area contributed by atoms with Crippen molar-refractivity contribution in [1.82, 2.24) is 14.9 Å². The van der Waals surface area contributed by atoms with Crippen LogP contribution in [0.15, 0.2) is 23.8 Å². The summed E-state index contributed by atoms with van der Waals surface area (Å²) in [6.07, 6.45) is 1.33. The minimum atomic E-state index is -0.232. The Bertz CT molecular complexity index is 689. The molecule has 0 aliphatic carbocycles. The molecule has 0 bridgehead atoms. The summed E-state index contributed by atoms with van der Waals surface area (Å²) in [5.41, 5.74) is 0.137. The van der Waals surface area contributed by atoms with E-state index in [4.69, 9.17) is 10.5 Å². The van der Waals surface area contributed by atoms with E-state index >= 15 is 0 Å². The average Bonchev–Trinajstić information content (AvgIpc) is 3.07. The van der Waals surface area contributed by atoms with Crippen molar-refractivity contribution in [3.05, 3.63) is 40.1 Å². The van der Waals surface area contributed by atoms with Gasteiger partial charge in [-0.15, -0.1) is 11.3 Å². The van der Waals surface area contributed by atoms with E-state index in [1.807, 2.05) is 36.6 Å². The summed E-state index contributed by atoms with van der Waals surface area (Å²) >= 11 is 1.57. The van der Waals surface area contributed by atoms with Gasteiger partial charge in [-0.05, 0) is 18.4 Å². The first-order valence-electron chi connectivity index (χ1n) is 5.83. The molecule has 6 nitrogen and oxygen atoms in total. The molecule has 1 N–H and O–H groups in total. The molecule has 1 atom stereocenters. The maximum atomic E-state index is 11.9. The van der Waals surface area contributed by atoms with E-state index in [0.29, 0.717) is 0 Å². The Morgan fingerprint density at radius 2 is 2.35 bits per heavy atom. The largest absolute Gasteiger partial charge is 0.347 e. The number of carbonyl (C=O) groups excluding carboxylic acids is 1. The standard InChI is InChI=1S/C13H11N5OS/c1-9(12-3-2-4-20-12)17-13(19)7-18-8-16-10(5-14)11(18)6-15/h2-4,8-9H,7H2,1H3,(H,17,19)/t9-/m1/s1. The fourth-order valence-corrected chi connectivity index (χ4v) is 2.49. The van der Waals surface area contributed by atoms with Gasteiger partial charge >= 0.3 is 0 Å². The predicted octanol–water partition coefficient (Wildman–Crippen LogP) is 1.57. The van der Waals surface area contributed by atoms with Crippen LogP contribution in [0.2, 0.25) is 0 Å². The van der Waals surface area contributed by atoms with Crippen molar-refractivity contribution < 1.29 is 4.79 Å². The highest BCUT2D eigenvalue weighted by Gasteiger charge is 2.15. The smallest absolute Gasteiger partial charge is 0.240 e. The van der Waals surface area contributed by atoms with Crippen LogP contribution in [0.1, 0.15) is 29.2 Å². The molecule has 2 rings (SSSR count). The van der Waals surface area contributed by atoms with Crippen molar-refractivity contribution in [2.75, 3.05) is 0 Å². The number of rotatable bonds is 4. The predicted molar refractivity (Wildman–Crippen MR) is 72.5 cm³/mol. The molecule has 0 radical (unpaired) electrons. The van der Waals surface area contributed by atoms with E-state index in [9.17, 15) is 4.79 Å². The van der Waals surface area contributed by atoms with Crippen LogP contribution in [0.25, 0.3) is 0 Å². The Morgan fingerprint density at radius 1 is 1.55 bits per heavy atom. The van der Waals surface area contributed by atoms with E-state index in [1.54, 1.807) is 11.3 Å². The van der Waals surface area contributed by atoms with Gasteiger partial charge in [0.1, 0.15) is 18.7 Å². The van der Waals surface area contributed by atoms with Crippen molar-refractivity contribution in [3.63, 3.8) is 0 Å². The van der Waals surface area contributed by atoms with Gasteiger partial charge in [0.25, 0.3) is 0 Å². The molecule has 0 unspecified atom stereocenters. The molecule has 0 saturated carbocycles. The molecule has 2 aromatic heterocycles. The minimum absolute atomic E-state index is 0.0339. The quantitative estimate of drug-likeness (QED) is 0.922.